The second kappa shape index (κ2) is 4.79. The van der Waals surface area contributed by atoms with Crippen LogP contribution in [0.1, 0.15) is 0 Å². The maximum Gasteiger partial charge on any atom is 0.234 e. The fraction of sp³-hybridized carbons (Fsp3) is 0.167. The molecule has 0 N–H and O–H groups in total. The Morgan fingerprint density at radius 1 is 1.39 bits per heavy atom. The Morgan fingerprint density at radius 2 is 2.17 bits per heavy atom. The molecule has 18 heavy (non-hydrogen) atoms. The summed E-state index contributed by atoms with van der Waals surface area (Å²) in [7, 11) is 1.45. The van der Waals surface area contributed by atoms with Crippen LogP contribution in [-0.2, 0) is 4.79 Å². The summed E-state index contributed by atoms with van der Waals surface area (Å²) in [4.78, 5) is 22.2. The number of carboxylic acids is 1. The maximum absolute atomic E-state index is 12.0. The molecule has 6 nitrogen and oxygen atoms in total. The van der Waals surface area contributed by atoms with Gasteiger partial charge in [0, 0.05) is 0 Å². The van der Waals surface area contributed by atoms with Crippen LogP contribution in [0.2, 0.25) is 0 Å². The largest absolute Gasteiger partial charge is 0.546 e. The maximum atomic E-state index is 12.0. The molecule has 0 atom stereocenters. The Bertz CT molecular complexity index is 643. The zero-order valence-electron chi connectivity index (χ0n) is 9.47. The van der Waals surface area contributed by atoms with Gasteiger partial charge in [-0.15, -0.1) is 0 Å². The van der Waals surface area contributed by atoms with Gasteiger partial charge in [-0.1, -0.05) is 6.07 Å². The predicted octanol–water partition coefficient (Wildman–Crippen LogP) is -0.0697. The minimum atomic E-state index is -1.42. The molecule has 0 amide bonds. The van der Waals surface area contributed by atoms with Gasteiger partial charge < -0.3 is 23.8 Å². The van der Waals surface area contributed by atoms with Crippen molar-refractivity contribution in [3.05, 3.63) is 34.7 Å². The molecule has 1 heterocycles. The van der Waals surface area contributed by atoms with E-state index in [0.29, 0.717) is 5.75 Å². The molecule has 0 unspecified atom stereocenters. The lowest BCUT2D eigenvalue weighted by Crippen LogP contribution is -2.29. The van der Waals surface area contributed by atoms with Crippen LogP contribution in [0.25, 0.3) is 11.0 Å². The number of benzene rings is 1. The first-order chi connectivity index (χ1) is 8.63. The molecule has 1 aromatic heterocycles. The van der Waals surface area contributed by atoms with Gasteiger partial charge in [0.15, 0.2) is 11.3 Å². The van der Waals surface area contributed by atoms with Crippen molar-refractivity contribution in [1.82, 2.24) is 0 Å². The molecular weight excluding hydrogens is 240 g/mol. The Kier molecular flexibility index (Phi) is 3.18. The summed E-state index contributed by atoms with van der Waals surface area (Å²) >= 11 is 0. The summed E-state index contributed by atoms with van der Waals surface area (Å²) in [5.41, 5.74) is -0.179. The molecule has 0 radical (unpaired) electrons. The van der Waals surface area contributed by atoms with E-state index in [1.54, 1.807) is 12.1 Å². The second-order valence-electron chi connectivity index (χ2n) is 3.43. The van der Waals surface area contributed by atoms with Crippen LogP contribution in [0.3, 0.4) is 0 Å². The molecule has 0 bridgehead atoms. The quantitative estimate of drug-likeness (QED) is 0.753. The van der Waals surface area contributed by atoms with Crippen molar-refractivity contribution >= 4 is 16.9 Å². The Labute approximate surface area is 101 Å². The summed E-state index contributed by atoms with van der Waals surface area (Å²) in [6.07, 6.45) is 1.05. The minimum Gasteiger partial charge on any atom is -0.546 e. The molecule has 6 heteroatoms. The normalized spacial score (nSPS) is 10.3. The highest BCUT2D eigenvalue weighted by Gasteiger charge is 2.11. The van der Waals surface area contributed by atoms with Crippen molar-refractivity contribution in [3.63, 3.8) is 0 Å². The molecular formula is C12H9O6-. The summed E-state index contributed by atoms with van der Waals surface area (Å²) in [5.74, 6) is -1.18. The third-order valence-electron chi connectivity index (χ3n) is 2.30. The van der Waals surface area contributed by atoms with Crippen molar-refractivity contribution in [1.29, 1.82) is 0 Å². The van der Waals surface area contributed by atoms with Crippen LogP contribution in [0.5, 0.6) is 11.5 Å². The zero-order chi connectivity index (χ0) is 13.1. The molecule has 0 aliphatic rings. The average Bonchev–Trinajstić information content (AvgIpc) is 2.37. The number of hydrogen-bond acceptors (Lipinski definition) is 6. The molecule has 0 spiro atoms. The molecule has 94 valence electrons. The van der Waals surface area contributed by atoms with Crippen LogP contribution in [0.15, 0.2) is 33.7 Å². The van der Waals surface area contributed by atoms with Gasteiger partial charge >= 0.3 is 0 Å². The number of fused-ring (bicyclic) bond motifs is 1. The standard InChI is InChI=1S/C12H10O6/c1-16-8-4-2-3-7-11(15)9(5-18-12(7)8)17-6-10(13)14/h2-5H,6H2,1H3,(H,13,14)/p-1. The Hall–Kier alpha value is -2.50. The third-order valence-corrected chi connectivity index (χ3v) is 2.30. The van der Waals surface area contributed by atoms with Crippen molar-refractivity contribution in [3.8, 4) is 11.5 Å². The summed E-state index contributed by atoms with van der Waals surface area (Å²) in [6, 6.07) is 4.81. The van der Waals surface area contributed by atoms with Gasteiger partial charge in [0.1, 0.15) is 12.9 Å². The topological polar surface area (TPSA) is 88.8 Å². The number of rotatable bonds is 4. The van der Waals surface area contributed by atoms with E-state index in [4.69, 9.17) is 13.9 Å². The smallest absolute Gasteiger partial charge is 0.234 e. The van der Waals surface area contributed by atoms with Gasteiger partial charge in [0.25, 0.3) is 0 Å². The molecule has 2 aromatic rings. The molecule has 0 saturated carbocycles. The molecule has 0 aliphatic carbocycles. The monoisotopic (exact) mass is 249 g/mol. The zero-order valence-corrected chi connectivity index (χ0v) is 9.47. The second-order valence-corrected chi connectivity index (χ2v) is 3.43. The van der Waals surface area contributed by atoms with Crippen molar-refractivity contribution < 1.29 is 23.8 Å². The summed E-state index contributed by atoms with van der Waals surface area (Å²) in [6.45, 7) is -0.708. The molecule has 0 saturated heterocycles. The lowest BCUT2D eigenvalue weighted by Gasteiger charge is -2.07. The third kappa shape index (κ3) is 2.13. The Balaban J connectivity index is 2.51. The molecule has 1 aromatic carbocycles. The first-order valence-electron chi connectivity index (χ1n) is 5.04. The highest BCUT2D eigenvalue weighted by molar-refractivity contribution is 5.83. The fourth-order valence-corrected chi connectivity index (χ4v) is 1.51. The van der Waals surface area contributed by atoms with E-state index in [1.165, 1.54) is 13.2 Å². The number of hydrogen-bond donors (Lipinski definition) is 0. The van der Waals surface area contributed by atoms with Crippen LogP contribution < -0.4 is 20.0 Å². The number of para-hydroxylation sites is 1. The van der Waals surface area contributed by atoms with Crippen LogP contribution in [-0.4, -0.2) is 19.7 Å². The predicted molar refractivity (Wildman–Crippen MR) is 59.5 cm³/mol. The molecule has 0 aliphatic heterocycles. The van der Waals surface area contributed by atoms with E-state index < -0.39 is 18.0 Å². The van der Waals surface area contributed by atoms with Crippen LogP contribution >= 0.6 is 0 Å². The number of carboxylic acid groups (broad SMARTS) is 1. The lowest BCUT2D eigenvalue weighted by molar-refractivity contribution is -0.307. The van der Waals surface area contributed by atoms with Gasteiger partial charge in [-0.05, 0) is 12.1 Å². The average molecular weight is 249 g/mol. The molecule has 2 rings (SSSR count). The SMILES string of the molecule is COc1cccc2c(=O)c(OCC(=O)[O-])coc12. The first kappa shape index (κ1) is 12.0. The first-order valence-corrected chi connectivity index (χ1v) is 5.04. The summed E-state index contributed by atoms with van der Waals surface area (Å²) < 4.78 is 15.0. The number of carbonyl (C=O) groups excluding carboxylic acids is 1. The van der Waals surface area contributed by atoms with E-state index in [9.17, 15) is 14.7 Å². The van der Waals surface area contributed by atoms with Gasteiger partial charge in [-0.25, -0.2) is 0 Å². The van der Waals surface area contributed by atoms with E-state index in [2.05, 4.69) is 0 Å². The van der Waals surface area contributed by atoms with E-state index in [1.807, 2.05) is 0 Å². The van der Waals surface area contributed by atoms with Crippen molar-refractivity contribution in [2.24, 2.45) is 0 Å². The highest BCUT2D eigenvalue weighted by Crippen LogP contribution is 2.24. The van der Waals surface area contributed by atoms with Gasteiger partial charge in [-0.3, -0.25) is 4.79 Å². The number of carbonyl (C=O) groups is 1. The van der Waals surface area contributed by atoms with Gasteiger partial charge in [0.2, 0.25) is 11.2 Å². The van der Waals surface area contributed by atoms with E-state index in [-0.39, 0.29) is 16.7 Å². The van der Waals surface area contributed by atoms with Gasteiger partial charge in [0.05, 0.1) is 18.5 Å². The van der Waals surface area contributed by atoms with Crippen molar-refractivity contribution in [2.45, 2.75) is 0 Å². The van der Waals surface area contributed by atoms with E-state index in [0.717, 1.165) is 6.26 Å². The van der Waals surface area contributed by atoms with E-state index >= 15 is 0 Å². The Morgan fingerprint density at radius 3 is 2.83 bits per heavy atom. The summed E-state index contributed by atoms with van der Waals surface area (Å²) in [5, 5.41) is 10.5. The van der Waals surface area contributed by atoms with Crippen molar-refractivity contribution in [2.75, 3.05) is 13.7 Å². The number of aliphatic carboxylic acids is 1. The minimum absolute atomic E-state index is 0.181. The highest BCUT2D eigenvalue weighted by atomic mass is 16.5. The number of methoxy groups -OCH3 is 1. The molecule has 0 fully saturated rings. The fourth-order valence-electron chi connectivity index (χ4n) is 1.51. The van der Waals surface area contributed by atoms with Crippen LogP contribution in [0, 0.1) is 0 Å². The number of ether oxygens (including phenoxy) is 2. The van der Waals surface area contributed by atoms with Gasteiger partial charge in [-0.2, -0.15) is 0 Å². The van der Waals surface area contributed by atoms with Crippen LogP contribution in [0.4, 0.5) is 0 Å². The lowest BCUT2D eigenvalue weighted by atomic mass is 10.2.